The molecular formula is C18H13NOS. The van der Waals surface area contributed by atoms with E-state index in [1.54, 1.807) is 11.8 Å². The molecule has 1 atom stereocenters. The average molecular weight is 291 g/mol. The molecule has 1 unspecified atom stereocenters. The minimum atomic E-state index is -0.144. The van der Waals surface area contributed by atoms with E-state index in [4.69, 9.17) is 0 Å². The van der Waals surface area contributed by atoms with E-state index in [2.05, 4.69) is 11.1 Å². The molecule has 102 valence electrons. The number of thioether (sulfide) groups is 1. The van der Waals surface area contributed by atoms with Crippen LogP contribution in [-0.2, 0) is 0 Å². The third kappa shape index (κ3) is 2.14. The molecule has 3 heteroatoms. The number of nitrogens with zero attached hydrogens (tertiary/aromatic N) is 1. The van der Waals surface area contributed by atoms with Crippen molar-refractivity contribution in [2.75, 3.05) is 5.75 Å². The molecule has 21 heavy (non-hydrogen) atoms. The van der Waals surface area contributed by atoms with Gasteiger partial charge >= 0.3 is 0 Å². The second kappa shape index (κ2) is 5.01. The average Bonchev–Trinajstić information content (AvgIpc) is 2.55. The maximum Gasteiger partial charge on any atom is 0.173 e. The number of carbonyl (C=O) groups is 1. The fourth-order valence-electron chi connectivity index (χ4n) is 2.73. The van der Waals surface area contributed by atoms with Crippen molar-refractivity contribution in [2.45, 2.75) is 10.8 Å². The lowest BCUT2D eigenvalue weighted by molar-refractivity contribution is 0.0961. The SMILES string of the molecule is O=C1c2ccccc2SCC1c1ccc2ccccc2n1. The quantitative estimate of drug-likeness (QED) is 0.669. The van der Waals surface area contributed by atoms with E-state index in [0.29, 0.717) is 0 Å². The Kier molecular flexibility index (Phi) is 3.00. The molecule has 0 amide bonds. The van der Waals surface area contributed by atoms with E-state index in [-0.39, 0.29) is 11.7 Å². The van der Waals surface area contributed by atoms with E-state index < -0.39 is 0 Å². The second-order valence-electron chi connectivity index (χ2n) is 5.15. The van der Waals surface area contributed by atoms with Gasteiger partial charge < -0.3 is 0 Å². The van der Waals surface area contributed by atoms with Crippen molar-refractivity contribution in [1.82, 2.24) is 4.98 Å². The number of hydrogen-bond donors (Lipinski definition) is 0. The van der Waals surface area contributed by atoms with Gasteiger partial charge in [-0.3, -0.25) is 9.78 Å². The van der Waals surface area contributed by atoms with Gasteiger partial charge in [-0.25, -0.2) is 0 Å². The maximum atomic E-state index is 12.7. The Morgan fingerprint density at radius 1 is 0.952 bits per heavy atom. The molecule has 1 aromatic heterocycles. The molecule has 0 aliphatic carbocycles. The molecule has 3 aromatic rings. The van der Waals surface area contributed by atoms with Crippen LogP contribution in [-0.4, -0.2) is 16.5 Å². The number of aromatic nitrogens is 1. The smallest absolute Gasteiger partial charge is 0.173 e. The predicted molar refractivity (Wildman–Crippen MR) is 86.0 cm³/mol. The molecule has 1 aliphatic heterocycles. The van der Waals surface area contributed by atoms with Crippen molar-refractivity contribution >= 4 is 28.4 Å². The van der Waals surface area contributed by atoms with Crippen LogP contribution < -0.4 is 0 Å². The fourth-order valence-corrected chi connectivity index (χ4v) is 3.90. The van der Waals surface area contributed by atoms with Crippen LogP contribution in [0.1, 0.15) is 22.0 Å². The lowest BCUT2D eigenvalue weighted by atomic mass is 9.94. The normalized spacial score (nSPS) is 17.7. The van der Waals surface area contributed by atoms with Crippen LogP contribution in [0.4, 0.5) is 0 Å². The Labute approximate surface area is 127 Å². The van der Waals surface area contributed by atoms with E-state index in [1.807, 2.05) is 54.6 Å². The number of Topliss-reactive ketones (excluding diaryl/α,β-unsaturated/α-hetero) is 1. The first-order valence-corrected chi connectivity index (χ1v) is 7.93. The number of para-hydroxylation sites is 1. The van der Waals surface area contributed by atoms with Crippen LogP contribution in [0.5, 0.6) is 0 Å². The first kappa shape index (κ1) is 12.6. The third-order valence-electron chi connectivity index (χ3n) is 3.85. The third-order valence-corrected chi connectivity index (χ3v) is 5.02. The topological polar surface area (TPSA) is 30.0 Å². The van der Waals surface area contributed by atoms with Crippen molar-refractivity contribution in [3.63, 3.8) is 0 Å². The zero-order valence-electron chi connectivity index (χ0n) is 11.3. The highest BCUT2D eigenvalue weighted by Gasteiger charge is 2.29. The summed E-state index contributed by atoms with van der Waals surface area (Å²) in [7, 11) is 0. The van der Waals surface area contributed by atoms with Gasteiger partial charge in [0, 0.05) is 21.6 Å². The van der Waals surface area contributed by atoms with Crippen LogP contribution >= 0.6 is 11.8 Å². The number of fused-ring (bicyclic) bond motifs is 2. The summed E-state index contributed by atoms with van der Waals surface area (Å²) in [4.78, 5) is 18.5. The summed E-state index contributed by atoms with van der Waals surface area (Å²) in [6.07, 6.45) is 0. The van der Waals surface area contributed by atoms with Crippen molar-refractivity contribution in [1.29, 1.82) is 0 Å². The molecule has 0 spiro atoms. The fraction of sp³-hybridized carbons (Fsp3) is 0.111. The Bertz CT molecular complexity index is 843. The highest BCUT2D eigenvalue weighted by atomic mass is 32.2. The van der Waals surface area contributed by atoms with Gasteiger partial charge in [-0.2, -0.15) is 0 Å². The number of hydrogen-bond acceptors (Lipinski definition) is 3. The molecule has 0 saturated carbocycles. The van der Waals surface area contributed by atoms with Crippen LogP contribution in [0.2, 0.25) is 0 Å². The molecule has 2 nitrogen and oxygen atoms in total. The van der Waals surface area contributed by atoms with E-state index in [9.17, 15) is 4.79 Å². The van der Waals surface area contributed by atoms with Gasteiger partial charge in [-0.15, -0.1) is 11.8 Å². The number of pyridine rings is 1. The van der Waals surface area contributed by atoms with Gasteiger partial charge in [0.15, 0.2) is 5.78 Å². The molecule has 4 rings (SSSR count). The Balaban J connectivity index is 1.78. The Morgan fingerprint density at radius 3 is 2.71 bits per heavy atom. The summed E-state index contributed by atoms with van der Waals surface area (Å²) in [5.74, 6) is 0.808. The zero-order valence-corrected chi connectivity index (χ0v) is 12.1. The molecule has 0 N–H and O–H groups in total. The molecule has 2 aromatic carbocycles. The minimum absolute atomic E-state index is 0.144. The molecule has 2 heterocycles. The molecular weight excluding hydrogens is 278 g/mol. The van der Waals surface area contributed by atoms with Gasteiger partial charge in [0.05, 0.1) is 17.1 Å². The van der Waals surface area contributed by atoms with Crippen LogP contribution in [0, 0.1) is 0 Å². The summed E-state index contributed by atoms with van der Waals surface area (Å²) in [6, 6.07) is 19.9. The van der Waals surface area contributed by atoms with E-state index in [0.717, 1.165) is 32.8 Å². The Morgan fingerprint density at radius 2 is 1.76 bits per heavy atom. The van der Waals surface area contributed by atoms with Crippen molar-refractivity contribution < 1.29 is 4.79 Å². The minimum Gasteiger partial charge on any atom is -0.293 e. The summed E-state index contributed by atoms with van der Waals surface area (Å²) in [6.45, 7) is 0. The van der Waals surface area contributed by atoms with E-state index in [1.165, 1.54) is 0 Å². The van der Waals surface area contributed by atoms with Gasteiger partial charge in [0.2, 0.25) is 0 Å². The summed E-state index contributed by atoms with van der Waals surface area (Å²) < 4.78 is 0. The van der Waals surface area contributed by atoms with Gasteiger partial charge in [-0.1, -0.05) is 42.5 Å². The molecule has 0 saturated heterocycles. The van der Waals surface area contributed by atoms with E-state index >= 15 is 0 Å². The van der Waals surface area contributed by atoms with Gasteiger partial charge in [0.25, 0.3) is 0 Å². The number of benzene rings is 2. The molecule has 1 aliphatic rings. The predicted octanol–water partition coefficient (Wildman–Crippen LogP) is 4.31. The Hall–Kier alpha value is -2.13. The van der Waals surface area contributed by atoms with Crippen LogP contribution in [0.3, 0.4) is 0 Å². The van der Waals surface area contributed by atoms with Crippen molar-refractivity contribution in [3.05, 3.63) is 71.9 Å². The largest absolute Gasteiger partial charge is 0.293 e. The number of rotatable bonds is 1. The lowest BCUT2D eigenvalue weighted by Crippen LogP contribution is -2.21. The second-order valence-corrected chi connectivity index (χ2v) is 6.21. The number of ketones is 1. The summed E-state index contributed by atoms with van der Waals surface area (Å²) in [5.41, 5.74) is 2.65. The zero-order chi connectivity index (χ0) is 14.2. The summed E-state index contributed by atoms with van der Waals surface area (Å²) in [5, 5.41) is 1.11. The highest BCUT2D eigenvalue weighted by Crippen LogP contribution is 2.37. The van der Waals surface area contributed by atoms with Crippen molar-refractivity contribution in [3.8, 4) is 0 Å². The molecule has 0 bridgehead atoms. The number of carbonyl (C=O) groups excluding carboxylic acids is 1. The van der Waals surface area contributed by atoms with Crippen molar-refractivity contribution in [2.24, 2.45) is 0 Å². The van der Waals surface area contributed by atoms with Crippen LogP contribution in [0.25, 0.3) is 10.9 Å². The molecule has 0 radical (unpaired) electrons. The lowest BCUT2D eigenvalue weighted by Gasteiger charge is -2.22. The first-order valence-electron chi connectivity index (χ1n) is 6.95. The summed E-state index contributed by atoms with van der Waals surface area (Å²) >= 11 is 1.74. The van der Waals surface area contributed by atoms with Gasteiger partial charge in [0.1, 0.15) is 0 Å². The highest BCUT2D eigenvalue weighted by molar-refractivity contribution is 7.99. The van der Waals surface area contributed by atoms with Crippen LogP contribution in [0.15, 0.2) is 65.6 Å². The maximum absolute atomic E-state index is 12.7. The van der Waals surface area contributed by atoms with Gasteiger partial charge in [-0.05, 0) is 18.2 Å². The molecule has 0 fully saturated rings. The first-order chi connectivity index (χ1) is 10.3. The monoisotopic (exact) mass is 291 g/mol. The standard InChI is InChI=1S/C18H13NOS/c20-18-13-6-2-4-8-17(13)21-11-14(18)16-10-9-12-5-1-3-7-15(12)19-16/h1-10,14H,11H2.